The molecule has 1 fully saturated rings. The van der Waals surface area contributed by atoms with Crippen LogP contribution in [0.2, 0.25) is 0 Å². The average Bonchev–Trinajstić information content (AvgIpc) is 2.96. The summed E-state index contributed by atoms with van der Waals surface area (Å²) in [6.45, 7) is 3.95. The summed E-state index contributed by atoms with van der Waals surface area (Å²) >= 11 is 3.00. The highest BCUT2D eigenvalue weighted by Crippen LogP contribution is 2.23. The van der Waals surface area contributed by atoms with E-state index in [9.17, 15) is 17.6 Å². The van der Waals surface area contributed by atoms with Crippen LogP contribution < -0.4 is 4.72 Å². The van der Waals surface area contributed by atoms with Gasteiger partial charge in [-0.3, -0.25) is 4.72 Å². The van der Waals surface area contributed by atoms with Crippen LogP contribution >= 0.6 is 15.9 Å². The van der Waals surface area contributed by atoms with Gasteiger partial charge in [0.1, 0.15) is 12.4 Å². The summed E-state index contributed by atoms with van der Waals surface area (Å²) in [6, 6.07) is 4.24. The van der Waals surface area contributed by atoms with E-state index in [2.05, 4.69) is 20.7 Å². The number of hydrogen-bond donors (Lipinski definition) is 2. The van der Waals surface area contributed by atoms with Gasteiger partial charge in [0.15, 0.2) is 0 Å². The third-order valence-corrected chi connectivity index (χ3v) is 4.74. The predicted octanol–water partition coefficient (Wildman–Crippen LogP) is 2.43. The van der Waals surface area contributed by atoms with Crippen LogP contribution in [0.5, 0.6) is 0 Å². The molecule has 2 N–H and O–H groups in total. The van der Waals surface area contributed by atoms with Gasteiger partial charge in [0.2, 0.25) is 0 Å². The summed E-state index contributed by atoms with van der Waals surface area (Å²) in [6.07, 6.45) is -0.961. The zero-order chi connectivity index (χ0) is 18.3. The van der Waals surface area contributed by atoms with Gasteiger partial charge in [0.05, 0.1) is 18.8 Å². The lowest BCUT2D eigenvalue weighted by atomic mass is 10.0. The zero-order valence-corrected chi connectivity index (χ0v) is 15.7. The largest absolute Gasteiger partial charge is 0.447 e. The minimum Gasteiger partial charge on any atom is -0.447 e. The van der Waals surface area contributed by atoms with E-state index in [1.165, 1.54) is 12.1 Å². The van der Waals surface area contributed by atoms with Gasteiger partial charge in [0, 0.05) is 5.33 Å². The van der Waals surface area contributed by atoms with Crippen molar-refractivity contribution in [1.82, 2.24) is 4.31 Å². The van der Waals surface area contributed by atoms with E-state index in [4.69, 9.17) is 5.11 Å². The van der Waals surface area contributed by atoms with Gasteiger partial charge in [-0.1, -0.05) is 35.8 Å². The van der Waals surface area contributed by atoms with Gasteiger partial charge in [-0.25, -0.2) is 9.18 Å². The normalized spacial score (nSPS) is 14.2. The molecule has 0 aromatic heterocycles. The molecular formula is C14H20BrFN2O5S. The Balaban J connectivity index is 0.000000648. The Morgan fingerprint density at radius 3 is 2.50 bits per heavy atom. The quantitative estimate of drug-likeness (QED) is 0.704. The molecule has 0 bridgehead atoms. The molecular weight excluding hydrogens is 407 g/mol. The minimum absolute atomic E-state index is 0.00544. The number of aliphatic hydroxyl groups excluding tert-OH is 1. The third-order valence-electron chi connectivity index (χ3n) is 3.00. The lowest BCUT2D eigenvalue weighted by Crippen LogP contribution is -2.36. The molecule has 24 heavy (non-hydrogen) atoms. The number of nitrogens with zero attached hydrogens (tertiary/aromatic N) is 1. The number of benzene rings is 1. The fraction of sp³-hybridized carbons (Fsp3) is 0.500. The average molecular weight is 427 g/mol. The van der Waals surface area contributed by atoms with Crippen molar-refractivity contribution in [2.75, 3.05) is 29.8 Å². The van der Waals surface area contributed by atoms with Gasteiger partial charge in [0.25, 0.3) is 0 Å². The molecule has 2 rings (SSSR count). The van der Waals surface area contributed by atoms with E-state index in [-0.39, 0.29) is 31.4 Å². The summed E-state index contributed by atoms with van der Waals surface area (Å²) in [5, 5.41) is 8.52. The number of aliphatic hydroxyl groups is 1. The SMILES string of the molecule is CC(C)c1ccc(NS(=O)(=O)N2CCOC2=O)c(F)c1.OCCBr. The molecule has 1 aromatic rings. The second-order valence-corrected chi connectivity index (χ2v) is 7.49. The number of nitrogens with one attached hydrogen (secondary N) is 1. The highest BCUT2D eigenvalue weighted by molar-refractivity contribution is 9.09. The summed E-state index contributed by atoms with van der Waals surface area (Å²) in [7, 11) is -4.15. The molecule has 7 nitrogen and oxygen atoms in total. The van der Waals surface area contributed by atoms with Crippen LogP contribution in [0.25, 0.3) is 0 Å². The summed E-state index contributed by atoms with van der Waals surface area (Å²) in [5.74, 6) is -0.559. The molecule has 0 saturated carbocycles. The Kier molecular flexibility index (Phi) is 7.91. The summed E-state index contributed by atoms with van der Waals surface area (Å²) in [4.78, 5) is 11.2. The Morgan fingerprint density at radius 1 is 1.46 bits per heavy atom. The van der Waals surface area contributed by atoms with Crippen molar-refractivity contribution in [1.29, 1.82) is 0 Å². The molecule has 1 aliphatic rings. The minimum atomic E-state index is -4.15. The second-order valence-electron chi connectivity index (χ2n) is 5.10. The fourth-order valence-corrected chi connectivity index (χ4v) is 2.88. The lowest BCUT2D eigenvalue weighted by Gasteiger charge is -2.16. The highest BCUT2D eigenvalue weighted by atomic mass is 79.9. The number of carbonyl (C=O) groups excluding carboxylic acids is 1. The first kappa shape index (κ1) is 20.7. The van der Waals surface area contributed by atoms with E-state index < -0.39 is 22.1 Å². The molecule has 10 heteroatoms. The van der Waals surface area contributed by atoms with E-state index in [1.807, 2.05) is 18.6 Å². The summed E-state index contributed by atoms with van der Waals surface area (Å²) < 4.78 is 44.8. The smallest absolute Gasteiger partial charge is 0.425 e. The fourth-order valence-electron chi connectivity index (χ4n) is 1.76. The first-order valence-electron chi connectivity index (χ1n) is 7.16. The van der Waals surface area contributed by atoms with Gasteiger partial charge in [-0.15, -0.1) is 0 Å². The topological polar surface area (TPSA) is 95.9 Å². The molecule has 0 atom stereocenters. The van der Waals surface area contributed by atoms with Crippen LogP contribution in [0.15, 0.2) is 18.2 Å². The maximum Gasteiger partial charge on any atom is 0.425 e. The van der Waals surface area contributed by atoms with Gasteiger partial charge >= 0.3 is 16.3 Å². The number of ether oxygens (including phenoxy) is 1. The Bertz CT molecular complexity index is 667. The number of amides is 1. The van der Waals surface area contributed by atoms with Crippen molar-refractivity contribution in [2.24, 2.45) is 0 Å². The van der Waals surface area contributed by atoms with Gasteiger partial charge in [-0.05, 0) is 23.6 Å². The number of halogens is 2. The maximum atomic E-state index is 13.9. The number of cyclic esters (lactones) is 1. The van der Waals surface area contributed by atoms with Crippen molar-refractivity contribution in [3.05, 3.63) is 29.6 Å². The Labute approximate surface area is 149 Å². The number of alkyl halides is 1. The molecule has 136 valence electrons. The number of anilines is 1. The van der Waals surface area contributed by atoms with Crippen molar-refractivity contribution in [3.63, 3.8) is 0 Å². The van der Waals surface area contributed by atoms with Crippen LogP contribution in [-0.2, 0) is 14.9 Å². The van der Waals surface area contributed by atoms with Crippen LogP contribution in [0.1, 0.15) is 25.3 Å². The Hall–Kier alpha value is -1.39. The molecule has 0 aliphatic carbocycles. The van der Waals surface area contributed by atoms with E-state index in [1.54, 1.807) is 6.07 Å². The molecule has 1 amide bonds. The number of hydrogen-bond acceptors (Lipinski definition) is 5. The first-order chi connectivity index (χ1) is 11.2. The number of carbonyl (C=O) groups is 1. The molecule has 1 saturated heterocycles. The zero-order valence-electron chi connectivity index (χ0n) is 13.3. The van der Waals surface area contributed by atoms with Crippen molar-refractivity contribution >= 4 is 37.9 Å². The van der Waals surface area contributed by atoms with Crippen molar-refractivity contribution < 1.29 is 27.4 Å². The van der Waals surface area contributed by atoms with Crippen molar-refractivity contribution in [2.45, 2.75) is 19.8 Å². The van der Waals surface area contributed by atoms with Crippen LogP contribution in [0.4, 0.5) is 14.9 Å². The standard InChI is InChI=1S/C12H15FN2O4S.C2H5BrO/c1-8(2)9-3-4-11(10(13)7-9)14-20(17,18)15-5-6-19-12(15)16;3-1-2-4/h3-4,7-8,14H,5-6H2,1-2H3;4H,1-2H2. The monoisotopic (exact) mass is 426 g/mol. The maximum absolute atomic E-state index is 13.9. The molecule has 0 spiro atoms. The van der Waals surface area contributed by atoms with Gasteiger partial charge in [-0.2, -0.15) is 12.7 Å². The van der Waals surface area contributed by atoms with E-state index in [0.717, 1.165) is 5.56 Å². The second kappa shape index (κ2) is 9.19. The molecule has 0 unspecified atom stereocenters. The van der Waals surface area contributed by atoms with E-state index in [0.29, 0.717) is 9.64 Å². The molecule has 0 radical (unpaired) electrons. The lowest BCUT2D eigenvalue weighted by molar-refractivity contribution is 0.170. The van der Waals surface area contributed by atoms with Crippen molar-refractivity contribution in [3.8, 4) is 0 Å². The van der Waals surface area contributed by atoms with Gasteiger partial charge < -0.3 is 9.84 Å². The third kappa shape index (κ3) is 5.60. The molecule has 1 heterocycles. The first-order valence-corrected chi connectivity index (χ1v) is 9.72. The van der Waals surface area contributed by atoms with Crippen LogP contribution in [-0.4, -0.2) is 49.0 Å². The highest BCUT2D eigenvalue weighted by Gasteiger charge is 2.33. The predicted molar refractivity (Wildman–Crippen MR) is 92.0 cm³/mol. The van der Waals surface area contributed by atoms with Crippen LogP contribution in [0.3, 0.4) is 0 Å². The van der Waals surface area contributed by atoms with E-state index >= 15 is 0 Å². The Morgan fingerprint density at radius 2 is 2.08 bits per heavy atom. The number of rotatable bonds is 5. The van der Waals surface area contributed by atoms with Crippen LogP contribution in [0, 0.1) is 5.82 Å². The summed E-state index contributed by atoms with van der Waals surface area (Å²) in [5.41, 5.74) is 0.556. The molecule has 1 aliphatic heterocycles. The molecule has 1 aromatic carbocycles.